The van der Waals surface area contributed by atoms with Crippen LogP contribution < -0.4 is 11.5 Å². The molecule has 0 saturated heterocycles. The van der Waals surface area contributed by atoms with Gasteiger partial charge in [0.15, 0.2) is 0 Å². The summed E-state index contributed by atoms with van der Waals surface area (Å²) >= 11 is 0. The highest BCUT2D eigenvalue weighted by Crippen LogP contribution is 2.30. The number of hydrogen-bond acceptors (Lipinski definition) is 1. The van der Waals surface area contributed by atoms with Gasteiger partial charge in [0, 0.05) is 6.42 Å². The highest BCUT2D eigenvalue weighted by molar-refractivity contribution is 5.70. The van der Waals surface area contributed by atoms with Crippen LogP contribution in [0.5, 0.6) is 0 Å². The molecule has 4 heteroatoms. The van der Waals surface area contributed by atoms with Crippen LogP contribution in [-0.2, 0) is 11.3 Å². The first-order valence-electron chi connectivity index (χ1n) is 7.63. The van der Waals surface area contributed by atoms with Gasteiger partial charge in [0.2, 0.25) is 0 Å². The zero-order valence-corrected chi connectivity index (χ0v) is 12.6. The first-order chi connectivity index (χ1) is 10.8. The molecule has 2 aromatic carbocycles. The van der Waals surface area contributed by atoms with Gasteiger partial charge in [0.1, 0.15) is 6.10 Å². The van der Waals surface area contributed by atoms with Crippen molar-refractivity contribution in [2.24, 2.45) is 11.5 Å². The summed E-state index contributed by atoms with van der Waals surface area (Å²) in [5.41, 5.74) is 15.2. The molecule has 3 rings (SSSR count). The van der Waals surface area contributed by atoms with E-state index in [1.165, 1.54) is 16.7 Å². The molecule has 0 aliphatic carbocycles. The van der Waals surface area contributed by atoms with E-state index in [0.29, 0.717) is 19.1 Å². The summed E-state index contributed by atoms with van der Waals surface area (Å²) in [6.45, 7) is 2.20. The lowest BCUT2D eigenvalue weighted by molar-refractivity contribution is -0.546. The molecule has 1 unspecified atom stereocenters. The zero-order chi connectivity index (χ0) is 15.4. The van der Waals surface area contributed by atoms with Crippen molar-refractivity contribution in [2.75, 3.05) is 13.2 Å². The summed E-state index contributed by atoms with van der Waals surface area (Å²) in [6, 6.07) is 18.7. The minimum absolute atomic E-state index is 0.0450. The maximum atomic E-state index is 6.19. The third-order valence-electron chi connectivity index (χ3n) is 4.02. The number of guanidine groups is 1. The lowest BCUT2D eigenvalue weighted by Gasteiger charge is -2.20. The van der Waals surface area contributed by atoms with Crippen molar-refractivity contribution in [1.82, 2.24) is 0 Å². The van der Waals surface area contributed by atoms with E-state index in [9.17, 15) is 0 Å². The summed E-state index contributed by atoms with van der Waals surface area (Å²) in [6.07, 6.45) is 0.853. The molecule has 1 heterocycles. The maximum absolute atomic E-state index is 6.19. The van der Waals surface area contributed by atoms with Crippen LogP contribution >= 0.6 is 0 Å². The first-order valence-corrected chi connectivity index (χ1v) is 7.63. The lowest BCUT2D eigenvalue weighted by Crippen LogP contribution is -2.36. The largest absolute Gasteiger partial charge is 0.369 e. The Morgan fingerprint density at radius 3 is 2.50 bits per heavy atom. The molecule has 0 saturated carbocycles. The van der Waals surface area contributed by atoms with Crippen molar-refractivity contribution in [3.05, 3.63) is 71.3 Å². The van der Waals surface area contributed by atoms with E-state index in [1.54, 1.807) is 0 Å². The smallest absolute Gasteiger partial charge is 0.341 e. The number of nitrogens with zero attached hydrogens (tertiary/aromatic N) is 1. The van der Waals surface area contributed by atoms with Crippen molar-refractivity contribution in [1.29, 1.82) is 0 Å². The first kappa shape index (κ1) is 14.6. The van der Waals surface area contributed by atoms with Crippen molar-refractivity contribution in [2.45, 2.75) is 19.1 Å². The molecular formula is C18H22N3O+. The zero-order valence-electron chi connectivity index (χ0n) is 12.6. The van der Waals surface area contributed by atoms with Crippen LogP contribution in [0.25, 0.3) is 0 Å². The Balaban J connectivity index is 2.05. The van der Waals surface area contributed by atoms with Crippen LogP contribution in [0.4, 0.5) is 0 Å². The number of benzene rings is 2. The molecular weight excluding hydrogens is 274 g/mol. The predicted octanol–water partition coefficient (Wildman–Crippen LogP) is 1.98. The highest BCUT2D eigenvalue weighted by Gasteiger charge is 2.21. The summed E-state index contributed by atoms with van der Waals surface area (Å²) in [7, 11) is 0. The van der Waals surface area contributed by atoms with Crippen LogP contribution in [0.3, 0.4) is 0 Å². The fourth-order valence-corrected chi connectivity index (χ4v) is 2.89. The number of ether oxygens (including phenoxy) is 1. The Morgan fingerprint density at radius 2 is 1.73 bits per heavy atom. The van der Waals surface area contributed by atoms with E-state index in [-0.39, 0.29) is 6.10 Å². The predicted molar refractivity (Wildman–Crippen MR) is 87.5 cm³/mol. The Bertz CT molecular complexity index is 663. The van der Waals surface area contributed by atoms with E-state index < -0.39 is 0 Å². The second-order valence-electron chi connectivity index (χ2n) is 5.56. The molecule has 4 nitrogen and oxygen atoms in total. The van der Waals surface area contributed by atoms with Gasteiger partial charge in [0.05, 0.1) is 19.7 Å². The molecule has 0 bridgehead atoms. The average Bonchev–Trinajstić information content (AvgIpc) is 2.64. The van der Waals surface area contributed by atoms with Crippen LogP contribution in [0, 0.1) is 0 Å². The number of hydrogen-bond donors (Lipinski definition) is 2. The molecule has 114 valence electrons. The highest BCUT2D eigenvalue weighted by atomic mass is 16.5. The lowest BCUT2D eigenvalue weighted by atomic mass is 9.96. The summed E-state index contributed by atoms with van der Waals surface area (Å²) in [5.74, 6) is 0.368. The van der Waals surface area contributed by atoms with Gasteiger partial charge in [-0.2, -0.15) is 0 Å². The Labute approximate surface area is 131 Å². The van der Waals surface area contributed by atoms with E-state index in [2.05, 4.69) is 30.3 Å². The number of rotatable bonds is 1. The Hall–Kier alpha value is -2.33. The molecule has 2 aromatic rings. The molecule has 1 atom stereocenters. The second kappa shape index (κ2) is 6.62. The molecule has 22 heavy (non-hydrogen) atoms. The topological polar surface area (TPSA) is 64.3 Å². The molecule has 0 spiro atoms. The summed E-state index contributed by atoms with van der Waals surface area (Å²) < 4.78 is 8.20. The van der Waals surface area contributed by atoms with Crippen LogP contribution in [0.2, 0.25) is 0 Å². The normalized spacial score (nSPS) is 18.7. The van der Waals surface area contributed by atoms with Gasteiger partial charge >= 0.3 is 5.96 Å². The third-order valence-corrected chi connectivity index (χ3v) is 4.02. The molecule has 0 amide bonds. The minimum atomic E-state index is -0.0450. The number of nitrogens with two attached hydrogens (primary N) is 2. The molecule has 4 N–H and O–H groups in total. The van der Waals surface area contributed by atoms with Crippen molar-refractivity contribution < 1.29 is 9.31 Å². The van der Waals surface area contributed by atoms with Gasteiger partial charge in [0.25, 0.3) is 0 Å². The third kappa shape index (κ3) is 3.12. The monoisotopic (exact) mass is 296 g/mol. The molecule has 1 aliphatic rings. The van der Waals surface area contributed by atoms with E-state index in [1.807, 2.05) is 28.8 Å². The molecule has 0 radical (unpaired) electrons. The Kier molecular flexibility index (Phi) is 4.39. The summed E-state index contributed by atoms with van der Waals surface area (Å²) in [5, 5.41) is 0. The maximum Gasteiger partial charge on any atom is 0.341 e. The van der Waals surface area contributed by atoms with E-state index >= 15 is 0 Å². The molecule has 0 aromatic heterocycles. The molecule has 0 fully saturated rings. The SMILES string of the molecule is NC(N)=[N+]1CCCOC(c2ccccc2)c2ccccc2C1. The van der Waals surface area contributed by atoms with Crippen LogP contribution in [0.1, 0.15) is 29.2 Å². The fraction of sp³-hybridized carbons (Fsp3) is 0.278. The minimum Gasteiger partial charge on any atom is -0.369 e. The van der Waals surface area contributed by atoms with Gasteiger partial charge in [-0.25, -0.2) is 0 Å². The summed E-state index contributed by atoms with van der Waals surface area (Å²) in [4.78, 5) is 0. The van der Waals surface area contributed by atoms with Crippen LogP contribution in [-0.4, -0.2) is 23.7 Å². The fourth-order valence-electron chi connectivity index (χ4n) is 2.89. The standard InChI is InChI=1S/C18H21N3O/c19-18(20)21-11-6-12-22-17(14-7-2-1-3-8-14)16-10-5-4-9-15(16)13-21/h1-5,7-10,17H,6,11-13H2,(H3,19,20)/p+1. The van der Waals surface area contributed by atoms with Crippen molar-refractivity contribution in [3.8, 4) is 0 Å². The van der Waals surface area contributed by atoms with Gasteiger partial charge in [-0.1, -0.05) is 54.6 Å². The second-order valence-corrected chi connectivity index (χ2v) is 5.56. The quantitative estimate of drug-likeness (QED) is 0.625. The average molecular weight is 296 g/mol. The van der Waals surface area contributed by atoms with E-state index in [4.69, 9.17) is 16.2 Å². The van der Waals surface area contributed by atoms with Crippen molar-refractivity contribution >= 4 is 5.96 Å². The van der Waals surface area contributed by atoms with Gasteiger partial charge in [-0.15, -0.1) is 0 Å². The van der Waals surface area contributed by atoms with Gasteiger partial charge < -0.3 is 4.74 Å². The van der Waals surface area contributed by atoms with E-state index in [0.717, 1.165) is 13.0 Å². The van der Waals surface area contributed by atoms with Crippen LogP contribution in [0.15, 0.2) is 54.6 Å². The van der Waals surface area contributed by atoms with Gasteiger partial charge in [-0.05, 0) is 16.7 Å². The number of fused-ring (bicyclic) bond motifs is 1. The molecule has 1 aliphatic heterocycles. The van der Waals surface area contributed by atoms with Gasteiger partial charge in [-0.3, -0.25) is 16.0 Å². The van der Waals surface area contributed by atoms with Crippen molar-refractivity contribution in [3.63, 3.8) is 0 Å². The Morgan fingerprint density at radius 1 is 1.00 bits per heavy atom.